The summed E-state index contributed by atoms with van der Waals surface area (Å²) in [7, 11) is 0. The molecule has 2 N–H and O–H groups in total. The maximum Gasteiger partial charge on any atom is 0.261 e. The number of aromatic nitrogens is 1. The van der Waals surface area contributed by atoms with E-state index in [0.717, 1.165) is 4.90 Å². The van der Waals surface area contributed by atoms with E-state index in [-0.39, 0.29) is 0 Å². The van der Waals surface area contributed by atoms with Gasteiger partial charge < -0.3 is 10.2 Å². The highest BCUT2D eigenvalue weighted by Gasteiger charge is 2.09. The normalized spacial score (nSPS) is 10.9. The molecule has 3 rings (SSSR count). The fourth-order valence-electron chi connectivity index (χ4n) is 1.62. The molecule has 0 fully saturated rings. The Kier molecular flexibility index (Phi) is 2.89. The van der Waals surface area contributed by atoms with E-state index in [1.807, 2.05) is 36.4 Å². The van der Waals surface area contributed by atoms with E-state index in [4.69, 9.17) is 21.8 Å². The molecule has 0 aliphatic rings. The number of anilines is 1. The molecule has 0 aliphatic carbocycles. The molecule has 0 spiro atoms. The van der Waals surface area contributed by atoms with Crippen molar-refractivity contribution in [2.75, 3.05) is 5.73 Å². The molecule has 18 heavy (non-hydrogen) atoms. The van der Waals surface area contributed by atoms with Crippen molar-refractivity contribution in [3.05, 3.63) is 47.5 Å². The minimum absolute atomic E-state index is 0.560. The zero-order valence-corrected chi connectivity index (χ0v) is 10.8. The van der Waals surface area contributed by atoms with Crippen LogP contribution < -0.4 is 5.73 Å². The third kappa shape index (κ3) is 2.17. The van der Waals surface area contributed by atoms with Crippen LogP contribution in [0.1, 0.15) is 0 Å². The van der Waals surface area contributed by atoms with E-state index in [1.165, 1.54) is 11.8 Å². The van der Waals surface area contributed by atoms with Gasteiger partial charge >= 0.3 is 0 Å². The van der Waals surface area contributed by atoms with Crippen molar-refractivity contribution >= 4 is 40.1 Å². The number of hydrogen-bond acceptors (Lipinski definition) is 4. The second-order valence-electron chi connectivity index (χ2n) is 3.73. The minimum Gasteiger partial charge on any atom is -0.431 e. The summed E-state index contributed by atoms with van der Waals surface area (Å²) in [4.78, 5) is 5.34. The molecule has 90 valence electrons. The first-order chi connectivity index (χ1) is 8.72. The van der Waals surface area contributed by atoms with Crippen molar-refractivity contribution in [3.8, 4) is 0 Å². The Morgan fingerprint density at radius 3 is 2.78 bits per heavy atom. The van der Waals surface area contributed by atoms with Gasteiger partial charge in [-0.1, -0.05) is 23.7 Å². The predicted octanol–water partition coefficient (Wildman–Crippen LogP) is 4.21. The number of halogens is 1. The minimum atomic E-state index is 0.560. The van der Waals surface area contributed by atoms with Crippen LogP contribution in [0.25, 0.3) is 11.1 Å². The zero-order chi connectivity index (χ0) is 12.5. The Bertz CT molecular complexity index is 711. The van der Waals surface area contributed by atoms with Crippen LogP contribution in [0, 0.1) is 0 Å². The van der Waals surface area contributed by atoms with Crippen molar-refractivity contribution in [2.24, 2.45) is 0 Å². The number of para-hydroxylation sites is 1. The van der Waals surface area contributed by atoms with Crippen LogP contribution in [-0.4, -0.2) is 4.98 Å². The summed E-state index contributed by atoms with van der Waals surface area (Å²) in [5.74, 6) is 0. The summed E-state index contributed by atoms with van der Waals surface area (Å²) in [6, 6.07) is 13.0. The third-order valence-corrected chi connectivity index (χ3v) is 3.51. The van der Waals surface area contributed by atoms with Gasteiger partial charge in [0.15, 0.2) is 5.58 Å². The summed E-state index contributed by atoms with van der Waals surface area (Å²) in [6.07, 6.45) is 0. The third-order valence-electron chi connectivity index (χ3n) is 2.43. The fraction of sp³-hybridized carbons (Fsp3) is 0. The SMILES string of the molecule is Nc1cccc2oc(Sc3cccc(Cl)c3)nc12. The monoisotopic (exact) mass is 276 g/mol. The predicted molar refractivity (Wildman–Crippen MR) is 74.0 cm³/mol. The van der Waals surface area contributed by atoms with E-state index >= 15 is 0 Å². The Hall–Kier alpha value is -1.65. The summed E-state index contributed by atoms with van der Waals surface area (Å²) < 4.78 is 5.62. The average molecular weight is 277 g/mol. The highest BCUT2D eigenvalue weighted by Crippen LogP contribution is 2.32. The number of benzene rings is 2. The topological polar surface area (TPSA) is 52.0 Å². The van der Waals surface area contributed by atoms with Gasteiger partial charge in [-0.15, -0.1) is 0 Å². The molecule has 5 heteroatoms. The first-order valence-electron chi connectivity index (χ1n) is 5.31. The maximum absolute atomic E-state index is 5.93. The Morgan fingerprint density at radius 1 is 1.17 bits per heavy atom. The molecule has 3 nitrogen and oxygen atoms in total. The molecular formula is C13H9ClN2OS. The zero-order valence-electron chi connectivity index (χ0n) is 9.26. The van der Waals surface area contributed by atoms with Gasteiger partial charge in [-0.2, -0.15) is 0 Å². The van der Waals surface area contributed by atoms with Gasteiger partial charge in [0, 0.05) is 9.92 Å². The Balaban J connectivity index is 1.98. The lowest BCUT2D eigenvalue weighted by atomic mass is 10.3. The van der Waals surface area contributed by atoms with Crippen LogP contribution in [0.4, 0.5) is 5.69 Å². The van der Waals surface area contributed by atoms with E-state index < -0.39 is 0 Å². The van der Waals surface area contributed by atoms with Crippen LogP contribution >= 0.6 is 23.4 Å². The standard InChI is InChI=1S/C13H9ClN2OS/c14-8-3-1-4-9(7-8)18-13-16-12-10(15)5-2-6-11(12)17-13/h1-7H,15H2. The van der Waals surface area contributed by atoms with Crippen molar-refractivity contribution in [2.45, 2.75) is 10.1 Å². The number of hydrogen-bond donors (Lipinski definition) is 1. The molecule has 0 radical (unpaired) electrons. The summed E-state index contributed by atoms with van der Waals surface area (Å²) in [6.45, 7) is 0. The van der Waals surface area contributed by atoms with Crippen LogP contribution in [0.2, 0.25) is 5.02 Å². The van der Waals surface area contributed by atoms with E-state index in [2.05, 4.69) is 4.98 Å². The smallest absolute Gasteiger partial charge is 0.261 e. The molecule has 3 aromatic rings. The number of nitrogens with two attached hydrogens (primary N) is 1. The Labute approximate surface area is 113 Å². The lowest BCUT2D eigenvalue weighted by Crippen LogP contribution is -1.84. The maximum atomic E-state index is 5.93. The van der Waals surface area contributed by atoms with E-state index in [0.29, 0.717) is 27.0 Å². The second-order valence-corrected chi connectivity index (χ2v) is 5.19. The molecule has 2 aromatic carbocycles. The first kappa shape index (κ1) is 11.4. The van der Waals surface area contributed by atoms with Crippen molar-refractivity contribution in [1.82, 2.24) is 4.98 Å². The second kappa shape index (κ2) is 4.55. The van der Waals surface area contributed by atoms with Crippen LogP contribution in [-0.2, 0) is 0 Å². The molecule has 0 unspecified atom stereocenters. The van der Waals surface area contributed by atoms with Gasteiger partial charge in [-0.05, 0) is 42.1 Å². The van der Waals surface area contributed by atoms with E-state index in [1.54, 1.807) is 6.07 Å². The highest BCUT2D eigenvalue weighted by atomic mass is 35.5. The summed E-state index contributed by atoms with van der Waals surface area (Å²) in [5, 5.41) is 1.25. The quantitative estimate of drug-likeness (QED) is 0.712. The molecule has 0 bridgehead atoms. The number of fused-ring (bicyclic) bond motifs is 1. The lowest BCUT2D eigenvalue weighted by Gasteiger charge is -1.96. The number of nitrogen functional groups attached to an aromatic ring is 1. The van der Waals surface area contributed by atoms with Gasteiger partial charge in [-0.25, -0.2) is 4.98 Å². The molecule has 1 heterocycles. The number of nitrogens with zero attached hydrogens (tertiary/aromatic N) is 1. The average Bonchev–Trinajstić information content (AvgIpc) is 2.73. The van der Waals surface area contributed by atoms with Crippen molar-refractivity contribution in [1.29, 1.82) is 0 Å². The molecule has 0 atom stereocenters. The van der Waals surface area contributed by atoms with Crippen LogP contribution in [0.15, 0.2) is 57.0 Å². The summed E-state index contributed by atoms with van der Waals surface area (Å²) >= 11 is 7.35. The number of rotatable bonds is 2. The van der Waals surface area contributed by atoms with Crippen LogP contribution in [0.5, 0.6) is 0 Å². The van der Waals surface area contributed by atoms with Crippen LogP contribution in [0.3, 0.4) is 0 Å². The molecule has 1 aromatic heterocycles. The first-order valence-corrected chi connectivity index (χ1v) is 6.50. The van der Waals surface area contributed by atoms with Gasteiger partial charge in [0.2, 0.25) is 0 Å². The fourth-order valence-corrected chi connectivity index (χ4v) is 2.68. The van der Waals surface area contributed by atoms with Crippen molar-refractivity contribution < 1.29 is 4.42 Å². The van der Waals surface area contributed by atoms with Gasteiger partial charge in [0.25, 0.3) is 5.22 Å². The number of oxazole rings is 1. The lowest BCUT2D eigenvalue weighted by molar-refractivity contribution is 0.489. The van der Waals surface area contributed by atoms with Gasteiger partial charge in [0.05, 0.1) is 5.69 Å². The molecule has 0 saturated heterocycles. The molecule has 0 amide bonds. The van der Waals surface area contributed by atoms with Crippen molar-refractivity contribution in [3.63, 3.8) is 0 Å². The molecule has 0 aliphatic heterocycles. The van der Waals surface area contributed by atoms with Gasteiger partial charge in [0.1, 0.15) is 5.52 Å². The largest absolute Gasteiger partial charge is 0.431 e. The highest BCUT2D eigenvalue weighted by molar-refractivity contribution is 7.99. The van der Waals surface area contributed by atoms with E-state index in [9.17, 15) is 0 Å². The molecule has 0 saturated carbocycles. The summed E-state index contributed by atoms with van der Waals surface area (Å²) in [5.41, 5.74) is 7.84. The van der Waals surface area contributed by atoms with Gasteiger partial charge in [-0.3, -0.25) is 0 Å². The Morgan fingerprint density at radius 2 is 2.00 bits per heavy atom. The molecular weight excluding hydrogens is 268 g/mol.